The van der Waals surface area contributed by atoms with Crippen molar-refractivity contribution in [1.29, 1.82) is 0 Å². The molecule has 2 amide bonds. The average molecular weight is 383 g/mol. The predicted molar refractivity (Wildman–Crippen MR) is 97.6 cm³/mol. The smallest absolute Gasteiger partial charge is 0.240 e. The maximum absolute atomic E-state index is 13.5. The first-order chi connectivity index (χ1) is 11.9. The Morgan fingerprint density at radius 1 is 1.16 bits per heavy atom. The average Bonchev–Trinajstić information content (AvgIpc) is 2.55. The van der Waals surface area contributed by atoms with Crippen LogP contribution in [0, 0.1) is 5.82 Å². The minimum absolute atomic E-state index is 0.187. The number of nitrogens with one attached hydrogen (secondary N) is 1. The van der Waals surface area contributed by atoms with Gasteiger partial charge in [0.15, 0.2) is 0 Å². The van der Waals surface area contributed by atoms with Crippen molar-refractivity contribution in [3.63, 3.8) is 0 Å². The Morgan fingerprint density at radius 2 is 1.88 bits per heavy atom. The highest BCUT2D eigenvalue weighted by Crippen LogP contribution is 2.28. The molecule has 132 valence electrons. The minimum atomic E-state index is -0.363. The molecule has 2 rings (SSSR count). The zero-order valence-electron chi connectivity index (χ0n) is 13.6. The fourth-order valence-electron chi connectivity index (χ4n) is 2.30. The first-order valence-electron chi connectivity index (χ1n) is 7.61. The topological polar surface area (TPSA) is 49.4 Å². The Morgan fingerprint density at radius 3 is 2.52 bits per heavy atom. The summed E-state index contributed by atoms with van der Waals surface area (Å²) in [6, 6.07) is 11.1. The third kappa shape index (κ3) is 5.44. The molecule has 0 saturated heterocycles. The number of carbonyl (C=O) groups is 2. The van der Waals surface area contributed by atoms with Crippen LogP contribution in [0.25, 0.3) is 0 Å². The summed E-state index contributed by atoms with van der Waals surface area (Å²) in [6.45, 7) is 1.42. The molecule has 25 heavy (non-hydrogen) atoms. The van der Waals surface area contributed by atoms with Crippen LogP contribution in [0.4, 0.5) is 10.1 Å². The van der Waals surface area contributed by atoms with Crippen molar-refractivity contribution in [2.24, 2.45) is 0 Å². The molecule has 2 aromatic carbocycles. The van der Waals surface area contributed by atoms with Crippen molar-refractivity contribution in [3.05, 3.63) is 63.9 Å². The number of nitrogens with zero attached hydrogens (tertiary/aromatic N) is 1. The molecule has 0 heterocycles. The van der Waals surface area contributed by atoms with Crippen molar-refractivity contribution in [2.45, 2.75) is 13.3 Å². The second kappa shape index (κ2) is 8.83. The quantitative estimate of drug-likeness (QED) is 0.824. The van der Waals surface area contributed by atoms with Gasteiger partial charge in [0.2, 0.25) is 11.8 Å². The zero-order chi connectivity index (χ0) is 18.4. The van der Waals surface area contributed by atoms with Crippen LogP contribution in [0.1, 0.15) is 12.5 Å². The minimum Gasteiger partial charge on any atom is -0.354 e. The number of carbonyl (C=O) groups excluding carboxylic acids is 2. The Balaban J connectivity index is 1.96. The van der Waals surface area contributed by atoms with Crippen molar-refractivity contribution >= 4 is 40.7 Å². The lowest BCUT2D eigenvalue weighted by Gasteiger charge is -2.22. The van der Waals surface area contributed by atoms with E-state index in [9.17, 15) is 14.0 Å². The standard InChI is InChI=1S/C18H17Cl2FN2O2/c1-12(24)23(17-7-6-14(19)10-15(17)20)11-18(25)22-9-8-13-4-2-3-5-16(13)21/h2-7,10H,8-9,11H2,1H3,(H,22,25). The SMILES string of the molecule is CC(=O)N(CC(=O)NCCc1ccccc1F)c1ccc(Cl)cc1Cl. The number of hydrogen-bond acceptors (Lipinski definition) is 2. The molecule has 0 spiro atoms. The first-order valence-corrected chi connectivity index (χ1v) is 8.37. The molecule has 0 aliphatic heterocycles. The van der Waals surface area contributed by atoms with Gasteiger partial charge in [-0.1, -0.05) is 41.4 Å². The number of benzene rings is 2. The molecule has 0 atom stereocenters. The van der Waals surface area contributed by atoms with Crippen LogP contribution in [-0.2, 0) is 16.0 Å². The fourth-order valence-corrected chi connectivity index (χ4v) is 2.81. The third-order valence-electron chi connectivity index (χ3n) is 3.56. The largest absolute Gasteiger partial charge is 0.354 e. The highest BCUT2D eigenvalue weighted by atomic mass is 35.5. The molecule has 0 fully saturated rings. The summed E-state index contributed by atoms with van der Waals surface area (Å²) < 4.78 is 13.5. The van der Waals surface area contributed by atoms with Gasteiger partial charge in [0.05, 0.1) is 10.7 Å². The van der Waals surface area contributed by atoms with Gasteiger partial charge in [0, 0.05) is 18.5 Å². The Kier molecular flexibility index (Phi) is 6.79. The normalized spacial score (nSPS) is 10.4. The molecule has 2 aromatic rings. The third-order valence-corrected chi connectivity index (χ3v) is 4.09. The molecule has 1 N–H and O–H groups in total. The summed E-state index contributed by atoms with van der Waals surface area (Å²) in [5.74, 6) is -0.999. The van der Waals surface area contributed by atoms with Crippen molar-refractivity contribution in [1.82, 2.24) is 5.32 Å². The van der Waals surface area contributed by atoms with E-state index in [1.165, 1.54) is 24.0 Å². The zero-order valence-corrected chi connectivity index (χ0v) is 15.1. The van der Waals surface area contributed by atoms with E-state index in [-0.39, 0.29) is 35.7 Å². The van der Waals surface area contributed by atoms with Crippen LogP contribution >= 0.6 is 23.2 Å². The Hall–Kier alpha value is -2.11. The molecular formula is C18H17Cl2FN2O2. The van der Waals surface area contributed by atoms with Crippen LogP contribution in [0.5, 0.6) is 0 Å². The van der Waals surface area contributed by atoms with Crippen molar-refractivity contribution in [2.75, 3.05) is 18.0 Å². The van der Waals surface area contributed by atoms with Crippen LogP contribution < -0.4 is 10.2 Å². The summed E-state index contributed by atoms with van der Waals surface area (Å²) in [5.41, 5.74) is 0.926. The van der Waals surface area contributed by atoms with Crippen molar-refractivity contribution < 1.29 is 14.0 Å². The van der Waals surface area contributed by atoms with Crippen LogP contribution in [0.3, 0.4) is 0 Å². The van der Waals surface area contributed by atoms with Gasteiger partial charge in [-0.3, -0.25) is 9.59 Å². The van der Waals surface area contributed by atoms with E-state index < -0.39 is 0 Å². The summed E-state index contributed by atoms with van der Waals surface area (Å²) in [5, 5.41) is 3.39. The van der Waals surface area contributed by atoms with Crippen LogP contribution in [0.2, 0.25) is 10.0 Å². The number of amides is 2. The lowest BCUT2D eigenvalue weighted by molar-refractivity contribution is -0.123. The lowest BCUT2D eigenvalue weighted by Crippen LogP contribution is -2.40. The molecule has 0 bridgehead atoms. The van der Waals surface area contributed by atoms with Gasteiger partial charge in [0.1, 0.15) is 12.4 Å². The number of rotatable bonds is 6. The molecule has 0 unspecified atom stereocenters. The maximum atomic E-state index is 13.5. The Labute approximate surface area is 155 Å². The van der Waals surface area contributed by atoms with Crippen LogP contribution in [-0.4, -0.2) is 24.9 Å². The monoisotopic (exact) mass is 382 g/mol. The second-order valence-corrected chi connectivity index (χ2v) is 6.24. The highest BCUT2D eigenvalue weighted by Gasteiger charge is 2.18. The van der Waals surface area contributed by atoms with E-state index in [0.29, 0.717) is 22.7 Å². The van der Waals surface area contributed by atoms with E-state index in [2.05, 4.69) is 5.32 Å². The molecule has 0 aliphatic rings. The van der Waals surface area contributed by atoms with E-state index in [0.717, 1.165) is 0 Å². The Bertz CT molecular complexity index is 783. The van der Waals surface area contributed by atoms with E-state index >= 15 is 0 Å². The molecular weight excluding hydrogens is 366 g/mol. The predicted octanol–water partition coefficient (Wildman–Crippen LogP) is 3.84. The van der Waals surface area contributed by atoms with Gasteiger partial charge in [0.25, 0.3) is 0 Å². The van der Waals surface area contributed by atoms with E-state index in [1.807, 2.05) is 0 Å². The lowest BCUT2D eigenvalue weighted by atomic mass is 10.1. The van der Waals surface area contributed by atoms with Gasteiger partial charge < -0.3 is 10.2 Å². The van der Waals surface area contributed by atoms with E-state index in [4.69, 9.17) is 23.2 Å². The molecule has 4 nitrogen and oxygen atoms in total. The van der Waals surface area contributed by atoms with Gasteiger partial charge in [-0.15, -0.1) is 0 Å². The number of halogens is 3. The number of anilines is 1. The van der Waals surface area contributed by atoms with Gasteiger partial charge >= 0.3 is 0 Å². The van der Waals surface area contributed by atoms with E-state index in [1.54, 1.807) is 30.3 Å². The van der Waals surface area contributed by atoms with Gasteiger partial charge in [-0.2, -0.15) is 0 Å². The first kappa shape index (κ1) is 19.2. The van der Waals surface area contributed by atoms with Crippen molar-refractivity contribution in [3.8, 4) is 0 Å². The summed E-state index contributed by atoms with van der Waals surface area (Å²) >= 11 is 12.0. The molecule has 0 radical (unpaired) electrons. The fraction of sp³-hybridized carbons (Fsp3) is 0.222. The second-order valence-electron chi connectivity index (χ2n) is 5.39. The summed E-state index contributed by atoms with van der Waals surface area (Å²) in [7, 11) is 0. The highest BCUT2D eigenvalue weighted by molar-refractivity contribution is 6.36. The molecule has 0 saturated carbocycles. The number of hydrogen-bond donors (Lipinski definition) is 1. The summed E-state index contributed by atoms with van der Waals surface area (Å²) in [4.78, 5) is 25.2. The van der Waals surface area contributed by atoms with Gasteiger partial charge in [-0.25, -0.2) is 4.39 Å². The summed E-state index contributed by atoms with van der Waals surface area (Å²) in [6.07, 6.45) is 0.361. The molecule has 7 heteroatoms. The molecule has 0 aliphatic carbocycles. The van der Waals surface area contributed by atoms with Crippen LogP contribution in [0.15, 0.2) is 42.5 Å². The van der Waals surface area contributed by atoms with Gasteiger partial charge in [-0.05, 0) is 36.2 Å². The molecule has 0 aromatic heterocycles. The maximum Gasteiger partial charge on any atom is 0.240 e.